The minimum Gasteiger partial charge on any atom is -0.454 e. The molecule has 1 aromatic heterocycles. The number of para-hydroxylation sites is 1. The molecule has 0 spiro atoms. The van der Waals surface area contributed by atoms with Gasteiger partial charge in [-0.05, 0) is 73.8 Å². The van der Waals surface area contributed by atoms with Crippen molar-refractivity contribution >= 4 is 22.9 Å². The molecule has 2 aromatic carbocycles. The van der Waals surface area contributed by atoms with Crippen LogP contribution in [0.15, 0.2) is 66.0 Å². The number of ether oxygens (including phenoxy) is 1. The van der Waals surface area contributed by atoms with Crippen LogP contribution < -0.4 is 10.1 Å². The molecule has 150 valence electrons. The first-order valence-electron chi connectivity index (χ1n) is 9.75. The second-order valence-electron chi connectivity index (χ2n) is 7.18. The molecule has 0 aliphatic carbocycles. The molecule has 0 saturated carbocycles. The van der Waals surface area contributed by atoms with E-state index in [0.29, 0.717) is 5.75 Å². The molecule has 1 aliphatic heterocycles. The predicted molar refractivity (Wildman–Crippen MR) is 114 cm³/mol. The lowest BCUT2D eigenvalue weighted by Gasteiger charge is -2.30. The summed E-state index contributed by atoms with van der Waals surface area (Å²) in [6.07, 6.45) is 1.73. The monoisotopic (exact) mass is 410 g/mol. The fourth-order valence-electron chi connectivity index (χ4n) is 3.48. The van der Waals surface area contributed by atoms with E-state index in [1.807, 2.05) is 0 Å². The quantitative estimate of drug-likeness (QED) is 0.581. The number of likely N-dealkylation sites (tertiary alicyclic amines) is 1. The molecular weight excluding hydrogens is 387 g/mol. The van der Waals surface area contributed by atoms with Gasteiger partial charge >= 0.3 is 0 Å². The summed E-state index contributed by atoms with van der Waals surface area (Å²) in [6.45, 7) is 2.84. The van der Waals surface area contributed by atoms with Crippen LogP contribution in [0.1, 0.15) is 17.7 Å². The van der Waals surface area contributed by atoms with E-state index in [1.54, 1.807) is 53.8 Å². The normalized spacial score (nSPS) is 15.2. The molecule has 1 fully saturated rings. The molecule has 29 heavy (non-hydrogen) atoms. The van der Waals surface area contributed by atoms with Crippen LogP contribution in [0.5, 0.6) is 11.5 Å². The van der Waals surface area contributed by atoms with E-state index in [2.05, 4.69) is 27.7 Å². The molecule has 4 rings (SSSR count). The summed E-state index contributed by atoms with van der Waals surface area (Å²) in [5.41, 5.74) is 0.719. The van der Waals surface area contributed by atoms with Crippen molar-refractivity contribution in [2.75, 3.05) is 18.4 Å². The minimum atomic E-state index is -0.407. The molecule has 1 saturated heterocycles. The van der Waals surface area contributed by atoms with Crippen LogP contribution in [0.4, 0.5) is 10.1 Å². The van der Waals surface area contributed by atoms with Crippen LogP contribution in [-0.4, -0.2) is 23.9 Å². The molecule has 6 heteroatoms. The van der Waals surface area contributed by atoms with Gasteiger partial charge in [0, 0.05) is 23.0 Å². The first-order chi connectivity index (χ1) is 14.2. The van der Waals surface area contributed by atoms with Crippen molar-refractivity contribution in [3.63, 3.8) is 0 Å². The van der Waals surface area contributed by atoms with Crippen LogP contribution in [0.2, 0.25) is 0 Å². The van der Waals surface area contributed by atoms with Crippen LogP contribution in [0.25, 0.3) is 0 Å². The Morgan fingerprint density at radius 3 is 2.52 bits per heavy atom. The van der Waals surface area contributed by atoms with E-state index in [4.69, 9.17) is 4.74 Å². The Morgan fingerprint density at radius 1 is 1.07 bits per heavy atom. The number of halogens is 1. The summed E-state index contributed by atoms with van der Waals surface area (Å²) in [7, 11) is 0. The molecule has 0 bridgehead atoms. The molecule has 0 atom stereocenters. The molecule has 1 aliphatic rings. The van der Waals surface area contributed by atoms with E-state index in [9.17, 15) is 9.18 Å². The van der Waals surface area contributed by atoms with Gasteiger partial charge in [0.05, 0.1) is 0 Å². The van der Waals surface area contributed by atoms with Crippen molar-refractivity contribution in [3.8, 4) is 11.5 Å². The zero-order valence-electron chi connectivity index (χ0n) is 16.0. The average molecular weight is 411 g/mol. The first-order valence-corrected chi connectivity index (χ1v) is 10.6. The maximum atomic E-state index is 13.7. The van der Waals surface area contributed by atoms with Crippen LogP contribution in [0, 0.1) is 11.7 Å². The van der Waals surface area contributed by atoms with E-state index in [-0.39, 0.29) is 17.6 Å². The summed E-state index contributed by atoms with van der Waals surface area (Å²) in [5, 5.41) is 5.09. The van der Waals surface area contributed by atoms with Gasteiger partial charge in [0.15, 0.2) is 11.6 Å². The van der Waals surface area contributed by atoms with Crippen molar-refractivity contribution in [3.05, 3.63) is 76.7 Å². The highest BCUT2D eigenvalue weighted by atomic mass is 32.1. The number of amides is 1. The maximum Gasteiger partial charge on any atom is 0.227 e. The summed E-state index contributed by atoms with van der Waals surface area (Å²) in [4.78, 5) is 16.4. The van der Waals surface area contributed by atoms with E-state index in [1.165, 1.54) is 10.9 Å². The van der Waals surface area contributed by atoms with Gasteiger partial charge in [-0.2, -0.15) is 0 Å². The van der Waals surface area contributed by atoms with E-state index in [0.717, 1.165) is 38.2 Å². The van der Waals surface area contributed by atoms with Crippen molar-refractivity contribution < 1.29 is 13.9 Å². The van der Waals surface area contributed by atoms with Gasteiger partial charge in [-0.3, -0.25) is 9.69 Å². The summed E-state index contributed by atoms with van der Waals surface area (Å²) in [5.74, 6) is 0.386. The maximum absolute atomic E-state index is 13.7. The standard InChI is InChI=1S/C23H23FN2O2S/c24-21-5-1-2-6-22(21)28-19-9-7-18(8-10-19)25-23(27)17-11-13-26(14-12-17)16-20-4-3-15-29-20/h1-10,15,17H,11-14,16H2,(H,25,27). The van der Waals surface area contributed by atoms with Crippen LogP contribution >= 0.6 is 11.3 Å². The highest BCUT2D eigenvalue weighted by Gasteiger charge is 2.25. The Morgan fingerprint density at radius 2 is 1.83 bits per heavy atom. The Labute approximate surface area is 173 Å². The average Bonchev–Trinajstić information content (AvgIpc) is 3.25. The van der Waals surface area contributed by atoms with Crippen LogP contribution in [-0.2, 0) is 11.3 Å². The predicted octanol–water partition coefficient (Wildman–Crippen LogP) is 5.53. The van der Waals surface area contributed by atoms with Gasteiger partial charge in [0.25, 0.3) is 0 Å². The molecule has 4 nitrogen and oxygen atoms in total. The second-order valence-corrected chi connectivity index (χ2v) is 8.21. The molecule has 0 radical (unpaired) electrons. The number of piperidine rings is 1. The number of carbonyl (C=O) groups is 1. The third-order valence-electron chi connectivity index (χ3n) is 5.10. The molecule has 1 amide bonds. The molecule has 1 N–H and O–H groups in total. The molecule has 2 heterocycles. The fraction of sp³-hybridized carbons (Fsp3) is 0.261. The number of nitrogens with one attached hydrogen (secondary N) is 1. The number of anilines is 1. The number of carbonyl (C=O) groups excluding carboxylic acids is 1. The van der Waals surface area contributed by atoms with Crippen LogP contribution in [0.3, 0.4) is 0 Å². The second kappa shape index (κ2) is 9.20. The number of thiophene rings is 1. The summed E-state index contributed by atoms with van der Waals surface area (Å²) < 4.78 is 19.2. The van der Waals surface area contributed by atoms with Gasteiger partial charge in [0.1, 0.15) is 5.75 Å². The van der Waals surface area contributed by atoms with Crippen molar-refractivity contribution in [1.82, 2.24) is 4.90 Å². The third kappa shape index (κ3) is 5.22. The smallest absolute Gasteiger partial charge is 0.227 e. The van der Waals surface area contributed by atoms with Gasteiger partial charge in [-0.15, -0.1) is 11.3 Å². The Hall–Kier alpha value is -2.70. The number of benzene rings is 2. The van der Waals surface area contributed by atoms with Crippen molar-refractivity contribution in [2.24, 2.45) is 5.92 Å². The largest absolute Gasteiger partial charge is 0.454 e. The number of hydrogen-bond acceptors (Lipinski definition) is 4. The van der Waals surface area contributed by atoms with Crippen molar-refractivity contribution in [2.45, 2.75) is 19.4 Å². The summed E-state index contributed by atoms with van der Waals surface area (Å²) in [6, 6.07) is 17.5. The zero-order chi connectivity index (χ0) is 20.1. The lowest BCUT2D eigenvalue weighted by molar-refractivity contribution is -0.121. The number of hydrogen-bond donors (Lipinski definition) is 1. The number of nitrogens with zero attached hydrogens (tertiary/aromatic N) is 1. The molecular formula is C23H23FN2O2S. The number of rotatable bonds is 6. The van der Waals surface area contributed by atoms with Gasteiger partial charge < -0.3 is 10.1 Å². The van der Waals surface area contributed by atoms with Gasteiger partial charge in [-0.25, -0.2) is 4.39 Å². The molecule has 3 aromatic rings. The highest BCUT2D eigenvalue weighted by Crippen LogP contribution is 2.26. The van der Waals surface area contributed by atoms with Gasteiger partial charge in [0.2, 0.25) is 5.91 Å². The topological polar surface area (TPSA) is 41.6 Å². The zero-order valence-corrected chi connectivity index (χ0v) is 16.8. The Kier molecular flexibility index (Phi) is 6.22. The fourth-order valence-corrected chi connectivity index (χ4v) is 4.23. The molecule has 0 unspecified atom stereocenters. The third-order valence-corrected chi connectivity index (χ3v) is 5.97. The Bertz CT molecular complexity index is 936. The Balaban J connectivity index is 1.27. The highest BCUT2D eigenvalue weighted by molar-refractivity contribution is 7.09. The minimum absolute atomic E-state index is 0.0314. The van der Waals surface area contributed by atoms with Crippen molar-refractivity contribution in [1.29, 1.82) is 0 Å². The van der Waals surface area contributed by atoms with Gasteiger partial charge in [-0.1, -0.05) is 18.2 Å². The van der Waals surface area contributed by atoms with E-state index < -0.39 is 5.82 Å². The lowest BCUT2D eigenvalue weighted by atomic mass is 9.95. The lowest BCUT2D eigenvalue weighted by Crippen LogP contribution is -2.37. The van der Waals surface area contributed by atoms with E-state index >= 15 is 0 Å². The SMILES string of the molecule is O=C(Nc1ccc(Oc2ccccc2F)cc1)C1CCN(Cc2cccs2)CC1. The first kappa shape index (κ1) is 19.6. The summed E-state index contributed by atoms with van der Waals surface area (Å²) >= 11 is 1.78.